The average molecular weight is 771 g/mol. The number of fused-ring (bicyclic) bond motifs is 6. The van der Waals surface area contributed by atoms with Crippen molar-refractivity contribution in [3.05, 3.63) is 231 Å². The van der Waals surface area contributed by atoms with Crippen LogP contribution in [-0.2, 0) is 0 Å². The molecule has 0 aliphatic carbocycles. The van der Waals surface area contributed by atoms with Gasteiger partial charge in [0, 0.05) is 53.7 Å². The summed E-state index contributed by atoms with van der Waals surface area (Å²) in [5.74, 6) is 0. The molecular weight excluding hydrogens is 733 g/mol. The quantitative estimate of drug-likeness (QED) is 0.142. The molecule has 0 atom stereocenters. The van der Waals surface area contributed by atoms with Crippen LogP contribution in [0.5, 0.6) is 0 Å². The van der Waals surface area contributed by atoms with Crippen LogP contribution in [-0.4, -0.2) is 0 Å². The largest absolute Gasteiger partial charge is 0.310 e. The van der Waals surface area contributed by atoms with E-state index in [1.807, 2.05) is 11.3 Å². The normalized spacial score (nSPS) is 11.4. The lowest BCUT2D eigenvalue weighted by atomic mass is 9.96. The van der Waals surface area contributed by atoms with Crippen molar-refractivity contribution in [3.8, 4) is 22.3 Å². The van der Waals surface area contributed by atoms with Crippen LogP contribution in [0.15, 0.2) is 231 Å². The van der Waals surface area contributed by atoms with Crippen molar-refractivity contribution in [1.29, 1.82) is 0 Å². The first-order chi connectivity index (χ1) is 29.3. The highest BCUT2D eigenvalue weighted by atomic mass is 32.1. The van der Waals surface area contributed by atoms with E-state index < -0.39 is 0 Å². The van der Waals surface area contributed by atoms with Crippen molar-refractivity contribution in [2.45, 2.75) is 0 Å². The molecule has 0 aliphatic heterocycles. The van der Waals surface area contributed by atoms with Crippen LogP contribution in [0, 0.1) is 0 Å². The maximum absolute atomic E-state index is 2.47. The summed E-state index contributed by atoms with van der Waals surface area (Å²) >= 11 is 1.86. The van der Waals surface area contributed by atoms with E-state index in [-0.39, 0.29) is 0 Å². The minimum absolute atomic E-state index is 1.07. The Bertz CT molecular complexity index is 3280. The van der Waals surface area contributed by atoms with Gasteiger partial charge in [0.25, 0.3) is 0 Å². The summed E-state index contributed by atoms with van der Waals surface area (Å²) in [6.45, 7) is 0. The van der Waals surface area contributed by atoms with Crippen molar-refractivity contribution in [2.75, 3.05) is 9.80 Å². The molecule has 0 spiro atoms. The topological polar surface area (TPSA) is 6.48 Å². The number of hydrogen-bond donors (Lipinski definition) is 0. The van der Waals surface area contributed by atoms with E-state index in [1.165, 1.54) is 58.4 Å². The fourth-order valence-corrected chi connectivity index (χ4v) is 9.88. The molecule has 2 nitrogen and oxygen atoms in total. The average Bonchev–Trinajstić information content (AvgIpc) is 3.68. The zero-order valence-electron chi connectivity index (χ0n) is 32.2. The molecule has 11 rings (SSSR count). The monoisotopic (exact) mass is 770 g/mol. The maximum atomic E-state index is 2.47. The summed E-state index contributed by atoms with van der Waals surface area (Å²) in [6.07, 6.45) is 0. The molecule has 0 saturated heterocycles. The maximum Gasteiger partial charge on any atom is 0.0567 e. The van der Waals surface area contributed by atoms with Gasteiger partial charge in [0.05, 0.1) is 17.1 Å². The van der Waals surface area contributed by atoms with E-state index in [4.69, 9.17) is 0 Å². The first-order valence-corrected chi connectivity index (χ1v) is 20.9. The zero-order valence-corrected chi connectivity index (χ0v) is 33.1. The van der Waals surface area contributed by atoms with E-state index >= 15 is 0 Å². The number of rotatable bonds is 8. The Morgan fingerprint density at radius 2 is 0.831 bits per heavy atom. The molecule has 0 aliphatic rings. The molecule has 0 bridgehead atoms. The standard InChI is InChI=1S/C56H38N2S/c1-4-18-39(19-5-1)46-25-12-15-29-51(46)57(44-34-35-50-49-28-14-17-31-54(49)59-55(50)38-44)45-36-42-33-32-41-22-10-11-27-48(41)56(42)53(37-45)58(43-23-8-3-9-24-43)52-30-16-13-26-47(52)40-20-6-2-7-21-40/h1-38H. The lowest BCUT2D eigenvalue weighted by molar-refractivity contribution is 1.27. The van der Waals surface area contributed by atoms with E-state index in [1.54, 1.807) is 0 Å². The predicted octanol–water partition coefficient (Wildman–Crippen LogP) is 16.6. The fourth-order valence-electron chi connectivity index (χ4n) is 8.74. The highest BCUT2D eigenvalue weighted by Gasteiger charge is 2.25. The van der Waals surface area contributed by atoms with E-state index in [0.29, 0.717) is 0 Å². The minimum Gasteiger partial charge on any atom is -0.310 e. The summed E-state index contributed by atoms with van der Waals surface area (Å²) in [5.41, 5.74) is 11.3. The van der Waals surface area contributed by atoms with Gasteiger partial charge in [0.2, 0.25) is 0 Å². The van der Waals surface area contributed by atoms with Gasteiger partial charge in [-0.05, 0) is 81.9 Å². The molecule has 1 heterocycles. The number of nitrogens with zero attached hydrogens (tertiary/aromatic N) is 2. The summed E-state index contributed by atoms with van der Waals surface area (Å²) in [5, 5.41) is 7.37. The Kier molecular flexibility index (Phi) is 8.72. The fraction of sp³-hybridized carbons (Fsp3) is 0. The minimum atomic E-state index is 1.07. The molecule has 59 heavy (non-hydrogen) atoms. The second-order valence-corrected chi connectivity index (χ2v) is 16.0. The number of hydrogen-bond acceptors (Lipinski definition) is 3. The van der Waals surface area contributed by atoms with Gasteiger partial charge in [-0.25, -0.2) is 0 Å². The Morgan fingerprint density at radius 1 is 0.288 bits per heavy atom. The molecule has 0 unspecified atom stereocenters. The zero-order chi connectivity index (χ0) is 39.1. The molecule has 278 valence electrons. The Labute approximate surface area is 348 Å². The van der Waals surface area contributed by atoms with E-state index in [0.717, 1.165) is 39.7 Å². The molecule has 3 heteroatoms. The first kappa shape index (κ1) is 34.8. The lowest BCUT2D eigenvalue weighted by Gasteiger charge is -2.33. The molecule has 1 aromatic heterocycles. The Morgan fingerprint density at radius 3 is 1.54 bits per heavy atom. The summed E-state index contributed by atoms with van der Waals surface area (Å²) in [4.78, 5) is 4.94. The van der Waals surface area contributed by atoms with Gasteiger partial charge in [-0.1, -0.05) is 176 Å². The molecule has 0 fully saturated rings. The van der Waals surface area contributed by atoms with Crippen LogP contribution >= 0.6 is 11.3 Å². The molecule has 0 N–H and O–H groups in total. The van der Waals surface area contributed by atoms with Crippen LogP contribution in [0.1, 0.15) is 0 Å². The number of thiophene rings is 1. The summed E-state index contributed by atoms with van der Waals surface area (Å²) in [7, 11) is 0. The van der Waals surface area contributed by atoms with Crippen LogP contribution < -0.4 is 9.80 Å². The Balaban J connectivity index is 1.24. The molecule has 0 radical (unpaired) electrons. The Hall–Kier alpha value is -7.46. The van der Waals surface area contributed by atoms with Crippen LogP contribution in [0.4, 0.5) is 34.1 Å². The number of para-hydroxylation sites is 3. The van der Waals surface area contributed by atoms with Crippen molar-refractivity contribution in [2.24, 2.45) is 0 Å². The summed E-state index contributed by atoms with van der Waals surface area (Å²) < 4.78 is 2.56. The smallest absolute Gasteiger partial charge is 0.0567 e. The number of anilines is 6. The predicted molar refractivity (Wildman–Crippen MR) is 255 cm³/mol. The van der Waals surface area contributed by atoms with Crippen LogP contribution in [0.25, 0.3) is 64.0 Å². The first-order valence-electron chi connectivity index (χ1n) is 20.1. The van der Waals surface area contributed by atoms with E-state index in [9.17, 15) is 0 Å². The third-order valence-corrected chi connectivity index (χ3v) is 12.5. The molecule has 0 saturated carbocycles. The molecule has 10 aromatic carbocycles. The van der Waals surface area contributed by atoms with Gasteiger partial charge in [-0.2, -0.15) is 0 Å². The van der Waals surface area contributed by atoms with Gasteiger partial charge >= 0.3 is 0 Å². The second-order valence-electron chi connectivity index (χ2n) is 14.9. The molecule has 0 amide bonds. The van der Waals surface area contributed by atoms with Gasteiger partial charge in [0.15, 0.2) is 0 Å². The van der Waals surface area contributed by atoms with Gasteiger partial charge in [-0.15, -0.1) is 11.3 Å². The third-order valence-electron chi connectivity index (χ3n) is 11.4. The summed E-state index contributed by atoms with van der Waals surface area (Å²) in [6, 6.07) is 83.8. The van der Waals surface area contributed by atoms with Crippen molar-refractivity contribution >= 4 is 87.2 Å². The van der Waals surface area contributed by atoms with Gasteiger partial charge in [0.1, 0.15) is 0 Å². The van der Waals surface area contributed by atoms with Crippen LogP contribution in [0.2, 0.25) is 0 Å². The van der Waals surface area contributed by atoms with Crippen molar-refractivity contribution in [3.63, 3.8) is 0 Å². The second kappa shape index (κ2) is 14.8. The van der Waals surface area contributed by atoms with Crippen molar-refractivity contribution < 1.29 is 0 Å². The third kappa shape index (κ3) is 6.20. The molecular formula is C56H38N2S. The van der Waals surface area contributed by atoms with Gasteiger partial charge < -0.3 is 9.80 Å². The number of benzene rings is 10. The van der Waals surface area contributed by atoms with Gasteiger partial charge in [-0.3, -0.25) is 0 Å². The van der Waals surface area contributed by atoms with E-state index in [2.05, 4.69) is 240 Å². The SMILES string of the molecule is c1ccc(-c2ccccc2N(c2cc(N(c3ccccc3)c3ccccc3-c3ccccc3)c3c(ccc4ccccc43)c2)c2ccc3c(c2)sc2ccccc23)cc1. The highest BCUT2D eigenvalue weighted by Crippen LogP contribution is 2.50. The lowest BCUT2D eigenvalue weighted by Crippen LogP contribution is -2.15. The van der Waals surface area contributed by atoms with Crippen LogP contribution in [0.3, 0.4) is 0 Å². The molecule has 11 aromatic rings. The highest BCUT2D eigenvalue weighted by molar-refractivity contribution is 7.25. The van der Waals surface area contributed by atoms with Crippen molar-refractivity contribution in [1.82, 2.24) is 0 Å².